The molecule has 2 aromatic rings. The molecule has 4 nitrogen and oxygen atoms in total. The number of thiophene rings is 1. The van der Waals surface area contributed by atoms with E-state index in [1.807, 2.05) is 6.07 Å². The van der Waals surface area contributed by atoms with Gasteiger partial charge in [-0.2, -0.15) is 0 Å². The van der Waals surface area contributed by atoms with Gasteiger partial charge in [-0.15, -0.1) is 11.3 Å². The Labute approximate surface area is 136 Å². The van der Waals surface area contributed by atoms with Crippen LogP contribution < -0.4 is 10.0 Å². The highest BCUT2D eigenvalue weighted by atomic mass is 79.9. The second-order valence-electron chi connectivity index (χ2n) is 5.02. The monoisotopic (exact) mass is 386 g/mol. The Morgan fingerprint density at radius 3 is 2.81 bits per heavy atom. The van der Waals surface area contributed by atoms with Crippen molar-refractivity contribution in [3.05, 3.63) is 45.1 Å². The van der Waals surface area contributed by atoms with Crippen LogP contribution in [0.1, 0.15) is 17.7 Å². The summed E-state index contributed by atoms with van der Waals surface area (Å²) in [6.07, 6.45) is 2.45. The number of halogens is 1. The smallest absolute Gasteiger partial charge is 0.262 e. The van der Waals surface area contributed by atoms with Gasteiger partial charge in [-0.1, -0.05) is 22.0 Å². The fourth-order valence-corrected chi connectivity index (χ4v) is 4.57. The highest BCUT2D eigenvalue weighted by molar-refractivity contribution is 9.10. The van der Waals surface area contributed by atoms with Crippen LogP contribution in [0.3, 0.4) is 0 Å². The summed E-state index contributed by atoms with van der Waals surface area (Å²) >= 11 is 4.80. The van der Waals surface area contributed by atoms with Crippen LogP contribution in [0.5, 0.6) is 0 Å². The molecule has 0 radical (unpaired) electrons. The van der Waals surface area contributed by atoms with Crippen molar-refractivity contribution in [2.75, 3.05) is 4.72 Å². The average molecular weight is 387 g/mol. The van der Waals surface area contributed by atoms with Crippen LogP contribution in [0, 0.1) is 0 Å². The fourth-order valence-electron chi connectivity index (χ4n) is 1.89. The van der Waals surface area contributed by atoms with E-state index in [-0.39, 0.29) is 0 Å². The topological polar surface area (TPSA) is 58.2 Å². The van der Waals surface area contributed by atoms with Gasteiger partial charge in [0, 0.05) is 33.0 Å². The molecular formula is C14H15BrN2O2S2. The van der Waals surface area contributed by atoms with Crippen LogP contribution in [-0.2, 0) is 16.6 Å². The minimum Gasteiger partial charge on any atom is -0.309 e. The molecule has 3 rings (SSSR count). The molecular weight excluding hydrogens is 372 g/mol. The maximum atomic E-state index is 12.3. The van der Waals surface area contributed by atoms with Gasteiger partial charge in [0.05, 0.1) is 4.90 Å². The molecule has 1 aromatic heterocycles. The molecule has 0 amide bonds. The molecule has 0 saturated heterocycles. The van der Waals surface area contributed by atoms with Gasteiger partial charge in [0.1, 0.15) is 0 Å². The lowest BCUT2D eigenvalue weighted by Crippen LogP contribution is -2.14. The number of hydrogen-bond acceptors (Lipinski definition) is 4. The van der Waals surface area contributed by atoms with Gasteiger partial charge in [-0.3, -0.25) is 4.72 Å². The van der Waals surface area contributed by atoms with Gasteiger partial charge in [-0.05, 0) is 37.1 Å². The first-order chi connectivity index (χ1) is 10.0. The Morgan fingerprint density at radius 2 is 2.10 bits per heavy atom. The molecule has 1 aliphatic carbocycles. The molecule has 21 heavy (non-hydrogen) atoms. The zero-order valence-electron chi connectivity index (χ0n) is 11.2. The summed E-state index contributed by atoms with van der Waals surface area (Å²) in [4.78, 5) is 1.36. The maximum absolute atomic E-state index is 12.3. The summed E-state index contributed by atoms with van der Waals surface area (Å²) in [5.41, 5.74) is 0.549. The van der Waals surface area contributed by atoms with Gasteiger partial charge in [0.2, 0.25) is 0 Å². The molecule has 0 aliphatic heterocycles. The third kappa shape index (κ3) is 4.06. The first-order valence-corrected chi connectivity index (χ1v) is 9.78. The summed E-state index contributed by atoms with van der Waals surface area (Å²) in [6.45, 7) is 0.738. The van der Waals surface area contributed by atoms with Gasteiger partial charge in [0.25, 0.3) is 10.0 Å². The van der Waals surface area contributed by atoms with Crippen LogP contribution in [0.2, 0.25) is 0 Å². The van der Waals surface area contributed by atoms with Crippen molar-refractivity contribution in [2.45, 2.75) is 30.3 Å². The van der Waals surface area contributed by atoms with E-state index in [1.54, 1.807) is 29.6 Å². The fraction of sp³-hybridized carbons (Fsp3) is 0.286. The Kier molecular flexibility index (Phi) is 4.35. The zero-order valence-corrected chi connectivity index (χ0v) is 14.4. The van der Waals surface area contributed by atoms with Crippen molar-refractivity contribution in [1.82, 2.24) is 5.32 Å². The molecule has 7 heteroatoms. The van der Waals surface area contributed by atoms with Crippen LogP contribution >= 0.6 is 27.3 Å². The van der Waals surface area contributed by atoms with Crippen molar-refractivity contribution in [1.29, 1.82) is 0 Å². The van der Waals surface area contributed by atoms with Crippen molar-refractivity contribution >= 4 is 43.0 Å². The van der Waals surface area contributed by atoms with Crippen LogP contribution in [0.4, 0.5) is 5.69 Å². The van der Waals surface area contributed by atoms with Gasteiger partial charge in [0.15, 0.2) is 0 Å². The predicted octanol–water partition coefficient (Wildman–Crippen LogP) is 3.56. The average Bonchev–Trinajstić information content (AvgIpc) is 3.12. The van der Waals surface area contributed by atoms with E-state index in [4.69, 9.17) is 0 Å². The molecule has 0 spiro atoms. The number of anilines is 1. The summed E-state index contributed by atoms with van der Waals surface area (Å²) in [5.74, 6) is 0. The lowest BCUT2D eigenvalue weighted by Gasteiger charge is -2.06. The molecule has 2 N–H and O–H groups in total. The van der Waals surface area contributed by atoms with E-state index >= 15 is 0 Å². The standard InChI is InChI=1S/C14H15BrN2O2S2/c15-10-2-1-3-12(6-10)17-21(18,19)14-7-13(20-9-14)8-16-11-4-5-11/h1-3,6-7,9,11,16-17H,4-5,8H2. The summed E-state index contributed by atoms with van der Waals surface area (Å²) in [7, 11) is -3.52. The van der Waals surface area contributed by atoms with E-state index in [1.165, 1.54) is 24.2 Å². The predicted molar refractivity (Wildman–Crippen MR) is 89.1 cm³/mol. The van der Waals surface area contributed by atoms with Gasteiger partial charge in [-0.25, -0.2) is 8.42 Å². The molecule has 112 valence electrons. The summed E-state index contributed by atoms with van der Waals surface area (Å²) in [6, 6.07) is 9.46. The van der Waals surface area contributed by atoms with Crippen molar-refractivity contribution in [2.24, 2.45) is 0 Å². The number of rotatable bonds is 6. The molecule has 1 aromatic carbocycles. The van der Waals surface area contributed by atoms with E-state index in [0.717, 1.165) is 15.9 Å². The largest absolute Gasteiger partial charge is 0.309 e. The van der Waals surface area contributed by atoms with Crippen LogP contribution in [0.25, 0.3) is 0 Å². The second-order valence-corrected chi connectivity index (χ2v) is 8.61. The number of hydrogen-bond donors (Lipinski definition) is 2. The first kappa shape index (κ1) is 15.0. The quantitative estimate of drug-likeness (QED) is 0.797. The Hall–Kier alpha value is -0.890. The van der Waals surface area contributed by atoms with Crippen molar-refractivity contribution in [3.8, 4) is 0 Å². The third-order valence-electron chi connectivity index (χ3n) is 3.16. The van der Waals surface area contributed by atoms with E-state index in [9.17, 15) is 8.42 Å². The maximum Gasteiger partial charge on any atom is 0.262 e. The first-order valence-electron chi connectivity index (χ1n) is 6.62. The molecule has 1 fully saturated rings. The number of benzene rings is 1. The molecule has 1 saturated carbocycles. The highest BCUT2D eigenvalue weighted by Gasteiger charge is 2.21. The minimum atomic E-state index is -3.52. The molecule has 0 unspecified atom stereocenters. The lowest BCUT2D eigenvalue weighted by atomic mass is 10.3. The van der Waals surface area contributed by atoms with Gasteiger partial charge >= 0.3 is 0 Å². The molecule has 0 bridgehead atoms. The van der Waals surface area contributed by atoms with Gasteiger partial charge < -0.3 is 5.32 Å². The minimum absolute atomic E-state index is 0.320. The van der Waals surface area contributed by atoms with Crippen molar-refractivity contribution < 1.29 is 8.42 Å². The van der Waals surface area contributed by atoms with E-state index < -0.39 is 10.0 Å². The van der Waals surface area contributed by atoms with Crippen LogP contribution in [-0.4, -0.2) is 14.5 Å². The lowest BCUT2D eigenvalue weighted by molar-refractivity contribution is 0.601. The van der Waals surface area contributed by atoms with E-state index in [0.29, 0.717) is 16.6 Å². The Balaban J connectivity index is 1.71. The normalized spacial score (nSPS) is 15.1. The summed E-state index contributed by atoms with van der Waals surface area (Å²) < 4.78 is 28.1. The Bertz CT molecular complexity index is 739. The number of sulfonamides is 1. The number of nitrogens with one attached hydrogen (secondary N) is 2. The zero-order chi connectivity index (χ0) is 14.9. The summed E-state index contributed by atoms with van der Waals surface area (Å²) in [5, 5.41) is 5.07. The Morgan fingerprint density at radius 1 is 1.29 bits per heavy atom. The van der Waals surface area contributed by atoms with E-state index in [2.05, 4.69) is 26.0 Å². The molecule has 0 atom stereocenters. The molecule has 1 aliphatic rings. The second kappa shape index (κ2) is 6.08. The highest BCUT2D eigenvalue weighted by Crippen LogP contribution is 2.25. The molecule has 1 heterocycles. The van der Waals surface area contributed by atoms with Crippen molar-refractivity contribution in [3.63, 3.8) is 0 Å². The SMILES string of the molecule is O=S(=O)(Nc1cccc(Br)c1)c1csc(CNC2CC2)c1. The third-order valence-corrected chi connectivity index (χ3v) is 6.10. The van der Waals surface area contributed by atoms with Crippen LogP contribution in [0.15, 0.2) is 45.1 Å².